The van der Waals surface area contributed by atoms with E-state index in [1.54, 1.807) is 24.3 Å². The highest BCUT2D eigenvalue weighted by Crippen LogP contribution is 2.20. The number of carbonyl (C=O) groups excluding carboxylic acids is 1. The van der Waals surface area contributed by atoms with Crippen LogP contribution in [-0.4, -0.2) is 34.1 Å². The summed E-state index contributed by atoms with van der Waals surface area (Å²) in [4.78, 5) is 33.6. The summed E-state index contributed by atoms with van der Waals surface area (Å²) in [7, 11) is 0. The SMILES string of the molecule is [2H]c1c([2H])c([2H])c(-c2ccc(C[C@H](CC(=O)O)NC(=O)CCC(=O)O)cc2)c([2H])c1[2H]. The van der Waals surface area contributed by atoms with Crippen LogP contribution in [0.1, 0.15) is 31.7 Å². The topological polar surface area (TPSA) is 104 Å². The number of nitrogens with one attached hydrogen (secondary N) is 1. The van der Waals surface area contributed by atoms with E-state index in [-0.39, 0.29) is 43.3 Å². The largest absolute Gasteiger partial charge is 0.481 e. The van der Waals surface area contributed by atoms with Gasteiger partial charge in [0.1, 0.15) is 0 Å². The minimum Gasteiger partial charge on any atom is -0.481 e. The molecule has 1 atom stereocenters. The van der Waals surface area contributed by atoms with Crippen molar-refractivity contribution < 1.29 is 31.5 Å². The van der Waals surface area contributed by atoms with Gasteiger partial charge < -0.3 is 15.5 Å². The van der Waals surface area contributed by atoms with Gasteiger partial charge in [-0.1, -0.05) is 54.5 Å². The second kappa shape index (κ2) is 9.36. The van der Waals surface area contributed by atoms with Crippen LogP contribution in [0.15, 0.2) is 54.5 Å². The summed E-state index contributed by atoms with van der Waals surface area (Å²) in [5, 5.41) is 20.3. The number of carbonyl (C=O) groups is 3. The van der Waals surface area contributed by atoms with E-state index in [1.807, 2.05) is 0 Å². The molecule has 1 amide bonds. The van der Waals surface area contributed by atoms with E-state index in [0.29, 0.717) is 11.1 Å². The predicted octanol–water partition coefficient (Wildman–Crippen LogP) is 2.72. The molecule has 0 aliphatic carbocycles. The zero-order chi connectivity index (χ0) is 23.3. The summed E-state index contributed by atoms with van der Waals surface area (Å²) in [6, 6.07) is 3.59. The first kappa shape index (κ1) is 13.1. The van der Waals surface area contributed by atoms with Gasteiger partial charge >= 0.3 is 11.9 Å². The Morgan fingerprint density at radius 3 is 2.15 bits per heavy atom. The molecule has 6 nitrogen and oxygen atoms in total. The lowest BCUT2D eigenvalue weighted by molar-refractivity contribution is -0.140. The summed E-state index contributed by atoms with van der Waals surface area (Å²) in [6.45, 7) is 0. The molecule has 26 heavy (non-hydrogen) atoms. The van der Waals surface area contributed by atoms with Crippen molar-refractivity contribution in [2.75, 3.05) is 0 Å². The number of amides is 1. The van der Waals surface area contributed by atoms with E-state index < -0.39 is 42.0 Å². The number of carboxylic acids is 2. The van der Waals surface area contributed by atoms with E-state index in [1.165, 1.54) is 0 Å². The third-order valence-electron chi connectivity index (χ3n) is 3.58. The monoisotopic (exact) mass is 360 g/mol. The average Bonchev–Trinajstić information content (AvgIpc) is 2.70. The van der Waals surface area contributed by atoms with Gasteiger partial charge in [-0.3, -0.25) is 14.4 Å². The van der Waals surface area contributed by atoms with Crippen molar-refractivity contribution in [1.82, 2.24) is 5.32 Å². The molecule has 0 aliphatic rings. The van der Waals surface area contributed by atoms with Crippen LogP contribution >= 0.6 is 0 Å². The zero-order valence-corrected chi connectivity index (χ0v) is 13.8. The molecule has 0 bridgehead atoms. The Balaban J connectivity index is 2.22. The number of benzene rings is 2. The fourth-order valence-electron chi connectivity index (χ4n) is 2.39. The second-order valence-electron chi connectivity index (χ2n) is 5.66. The fraction of sp³-hybridized carbons (Fsp3) is 0.250. The van der Waals surface area contributed by atoms with Gasteiger partial charge in [0, 0.05) is 12.5 Å². The summed E-state index contributed by atoms with van der Waals surface area (Å²) >= 11 is 0. The highest BCUT2D eigenvalue weighted by molar-refractivity contribution is 5.81. The highest BCUT2D eigenvalue weighted by Gasteiger charge is 2.17. The van der Waals surface area contributed by atoms with Crippen LogP contribution in [0.2, 0.25) is 0 Å². The van der Waals surface area contributed by atoms with Gasteiger partial charge in [-0.15, -0.1) is 0 Å². The lowest BCUT2D eigenvalue weighted by Gasteiger charge is -2.17. The molecule has 0 saturated heterocycles. The number of aliphatic carboxylic acids is 2. The van der Waals surface area contributed by atoms with Gasteiger partial charge in [0.25, 0.3) is 0 Å². The quantitative estimate of drug-likeness (QED) is 0.638. The van der Waals surface area contributed by atoms with E-state index in [0.717, 1.165) is 0 Å². The summed E-state index contributed by atoms with van der Waals surface area (Å²) in [6.07, 6.45) is -0.826. The summed E-state index contributed by atoms with van der Waals surface area (Å²) in [5.74, 6) is -2.82. The van der Waals surface area contributed by atoms with Crippen molar-refractivity contribution >= 4 is 17.8 Å². The van der Waals surface area contributed by atoms with Crippen LogP contribution in [0.4, 0.5) is 0 Å². The number of rotatable bonds is 9. The molecule has 0 aromatic heterocycles. The van der Waals surface area contributed by atoms with E-state index in [2.05, 4.69) is 5.32 Å². The van der Waals surface area contributed by atoms with Crippen molar-refractivity contribution in [3.05, 3.63) is 60.0 Å². The summed E-state index contributed by atoms with van der Waals surface area (Å²) in [5.41, 5.74) is 1.11. The minimum atomic E-state index is -1.13. The molecule has 0 heterocycles. The van der Waals surface area contributed by atoms with Gasteiger partial charge in [-0.05, 0) is 23.1 Å². The lowest BCUT2D eigenvalue weighted by Crippen LogP contribution is -2.38. The summed E-state index contributed by atoms with van der Waals surface area (Å²) < 4.78 is 39.3. The molecule has 2 rings (SSSR count). The first-order chi connectivity index (χ1) is 14.5. The third-order valence-corrected chi connectivity index (χ3v) is 3.58. The van der Waals surface area contributed by atoms with Crippen LogP contribution in [0, 0.1) is 0 Å². The number of hydrogen-bond donors (Lipinski definition) is 3. The maximum atomic E-state index is 11.9. The molecule has 0 saturated carbocycles. The molecule has 2 aromatic rings. The average molecular weight is 360 g/mol. The highest BCUT2D eigenvalue weighted by atomic mass is 16.4. The Hall–Kier alpha value is -3.15. The third kappa shape index (κ3) is 6.39. The van der Waals surface area contributed by atoms with Crippen molar-refractivity contribution in [1.29, 1.82) is 0 Å². The molecular weight excluding hydrogens is 334 g/mol. The van der Waals surface area contributed by atoms with Crippen molar-refractivity contribution in [3.63, 3.8) is 0 Å². The van der Waals surface area contributed by atoms with Gasteiger partial charge in [0.05, 0.1) is 19.7 Å². The maximum absolute atomic E-state index is 11.9. The predicted molar refractivity (Wildman–Crippen MR) is 96.6 cm³/mol. The van der Waals surface area contributed by atoms with Crippen molar-refractivity contribution in [3.8, 4) is 11.1 Å². The number of hydrogen-bond acceptors (Lipinski definition) is 3. The molecule has 136 valence electrons. The van der Waals surface area contributed by atoms with Crippen LogP contribution in [0.5, 0.6) is 0 Å². The van der Waals surface area contributed by atoms with Gasteiger partial charge in [-0.2, -0.15) is 0 Å². The molecule has 0 spiro atoms. The number of carboxylic acid groups (broad SMARTS) is 2. The van der Waals surface area contributed by atoms with Crippen molar-refractivity contribution in [2.45, 2.75) is 31.7 Å². The maximum Gasteiger partial charge on any atom is 0.305 e. The molecule has 0 fully saturated rings. The Morgan fingerprint density at radius 2 is 1.58 bits per heavy atom. The van der Waals surface area contributed by atoms with Crippen LogP contribution < -0.4 is 5.32 Å². The van der Waals surface area contributed by atoms with Gasteiger partial charge in [0.15, 0.2) is 0 Å². The van der Waals surface area contributed by atoms with E-state index in [4.69, 9.17) is 17.1 Å². The lowest BCUT2D eigenvalue weighted by atomic mass is 9.99. The Morgan fingerprint density at radius 1 is 0.923 bits per heavy atom. The Bertz CT molecular complexity index is 981. The molecule has 6 heteroatoms. The first-order valence-corrected chi connectivity index (χ1v) is 7.90. The van der Waals surface area contributed by atoms with E-state index in [9.17, 15) is 14.4 Å². The van der Waals surface area contributed by atoms with E-state index >= 15 is 0 Å². The fourth-order valence-corrected chi connectivity index (χ4v) is 2.39. The van der Waals surface area contributed by atoms with Crippen LogP contribution in [0.3, 0.4) is 0 Å². The Labute approximate surface area is 158 Å². The normalized spacial score (nSPS) is 14.2. The smallest absolute Gasteiger partial charge is 0.305 e. The van der Waals surface area contributed by atoms with Gasteiger partial charge in [0.2, 0.25) is 5.91 Å². The Kier molecular flexibility index (Phi) is 4.72. The van der Waals surface area contributed by atoms with Crippen LogP contribution in [-0.2, 0) is 20.8 Å². The van der Waals surface area contributed by atoms with Gasteiger partial charge in [-0.25, -0.2) is 0 Å². The van der Waals surface area contributed by atoms with Crippen LogP contribution in [0.25, 0.3) is 11.1 Å². The molecular formula is C20H21NO5. The molecule has 2 aromatic carbocycles. The standard InChI is InChI=1S/C20H21NO5/c22-18(10-11-19(23)24)21-17(13-20(25)26)12-14-6-8-16(9-7-14)15-4-2-1-3-5-15/h1-9,17H,10-13H2,(H,21,22)(H,23,24)(H,25,26)/t17-/m1/s1/i1D,2D,3D,4D,5D. The molecule has 0 aliphatic heterocycles. The zero-order valence-electron chi connectivity index (χ0n) is 18.8. The molecule has 0 radical (unpaired) electrons. The van der Waals surface area contributed by atoms with Crippen molar-refractivity contribution in [2.24, 2.45) is 0 Å². The molecule has 3 N–H and O–H groups in total. The first-order valence-electron chi connectivity index (χ1n) is 10.4. The minimum absolute atomic E-state index is 0.0570. The molecule has 0 unspecified atom stereocenters. The second-order valence-corrected chi connectivity index (χ2v) is 5.66.